The first-order chi connectivity index (χ1) is 4.25. The average molecular weight is 127 g/mol. The van der Waals surface area contributed by atoms with Gasteiger partial charge in [-0.05, 0) is 6.92 Å². The summed E-state index contributed by atoms with van der Waals surface area (Å²) in [7, 11) is 0. The molecule has 0 aliphatic carbocycles. The molecule has 0 radical (unpaired) electrons. The van der Waals surface area contributed by atoms with Gasteiger partial charge in [0.25, 0.3) is 0 Å². The minimum atomic E-state index is 0.331. The Morgan fingerprint density at radius 2 is 2.22 bits per heavy atom. The van der Waals surface area contributed by atoms with Crippen molar-refractivity contribution < 1.29 is 0 Å². The van der Waals surface area contributed by atoms with Gasteiger partial charge in [0, 0.05) is 0 Å². The van der Waals surface area contributed by atoms with Crippen LogP contribution in [0.2, 0.25) is 0 Å². The van der Waals surface area contributed by atoms with Gasteiger partial charge in [0.1, 0.15) is 5.82 Å². The van der Waals surface area contributed by atoms with Crippen LogP contribution in [0.15, 0.2) is 0 Å². The Morgan fingerprint density at radius 3 is 2.44 bits per heavy atom. The minimum Gasteiger partial charge on any atom is -0.336 e. The third kappa shape index (κ3) is 0.857. The molecule has 1 aromatic rings. The maximum Gasteiger partial charge on any atom is 0.165 e. The van der Waals surface area contributed by atoms with Crippen LogP contribution < -0.4 is 11.6 Å². The van der Waals surface area contributed by atoms with Crippen molar-refractivity contribution in [1.82, 2.24) is 14.9 Å². The van der Waals surface area contributed by atoms with Crippen LogP contribution in [-0.2, 0) is 6.54 Å². The highest BCUT2D eigenvalue weighted by molar-refractivity contribution is 4.91. The van der Waals surface area contributed by atoms with E-state index in [-0.39, 0.29) is 0 Å². The van der Waals surface area contributed by atoms with E-state index in [4.69, 9.17) is 11.6 Å². The Hall–Kier alpha value is -1.10. The Bertz CT molecular complexity index is 203. The molecule has 0 aliphatic heterocycles. The van der Waals surface area contributed by atoms with E-state index in [1.165, 1.54) is 4.68 Å². The van der Waals surface area contributed by atoms with Crippen LogP contribution in [0.3, 0.4) is 0 Å². The van der Waals surface area contributed by atoms with Gasteiger partial charge in [-0.25, -0.2) is 4.68 Å². The highest BCUT2D eigenvalue weighted by Crippen LogP contribution is 1.91. The molecule has 5 heteroatoms. The van der Waals surface area contributed by atoms with Crippen molar-refractivity contribution in [3.05, 3.63) is 11.6 Å². The zero-order valence-corrected chi connectivity index (χ0v) is 5.20. The minimum absolute atomic E-state index is 0.331. The molecular weight excluding hydrogens is 118 g/mol. The summed E-state index contributed by atoms with van der Waals surface area (Å²) in [6, 6.07) is 0. The Kier molecular flexibility index (Phi) is 1.35. The molecule has 5 nitrogen and oxygen atoms in total. The van der Waals surface area contributed by atoms with Crippen molar-refractivity contribution in [3.8, 4) is 0 Å². The first kappa shape index (κ1) is 6.03. The van der Waals surface area contributed by atoms with E-state index in [1.54, 1.807) is 6.92 Å². The fourth-order valence-electron chi connectivity index (χ4n) is 0.552. The van der Waals surface area contributed by atoms with E-state index in [0.717, 1.165) is 0 Å². The van der Waals surface area contributed by atoms with Gasteiger partial charge in [-0.1, -0.05) is 0 Å². The lowest BCUT2D eigenvalue weighted by Crippen LogP contribution is -2.16. The number of hydrogen-bond donors (Lipinski definition) is 2. The monoisotopic (exact) mass is 127 g/mol. The van der Waals surface area contributed by atoms with Crippen LogP contribution in [0.4, 0.5) is 0 Å². The van der Waals surface area contributed by atoms with E-state index in [0.29, 0.717) is 18.2 Å². The number of aryl methyl sites for hydroxylation is 1. The van der Waals surface area contributed by atoms with Crippen LogP contribution in [0.25, 0.3) is 0 Å². The van der Waals surface area contributed by atoms with Gasteiger partial charge >= 0.3 is 0 Å². The quantitative estimate of drug-likeness (QED) is 0.462. The standard InChI is InChI=1S/C4H9N5/c1-3-7-8-4(2-5)9(3)6/h2,5-6H2,1H3. The number of aromatic nitrogens is 3. The highest BCUT2D eigenvalue weighted by Gasteiger charge is 2.00. The van der Waals surface area contributed by atoms with Crippen LogP contribution in [0, 0.1) is 6.92 Å². The SMILES string of the molecule is Cc1nnc(CN)n1N. The molecular formula is C4H9N5. The third-order valence-electron chi connectivity index (χ3n) is 1.12. The maximum atomic E-state index is 5.42. The molecule has 0 aromatic carbocycles. The van der Waals surface area contributed by atoms with Gasteiger partial charge in [0.05, 0.1) is 6.54 Å². The summed E-state index contributed by atoms with van der Waals surface area (Å²) < 4.78 is 1.38. The molecule has 0 amide bonds. The maximum absolute atomic E-state index is 5.42. The molecule has 9 heavy (non-hydrogen) atoms. The van der Waals surface area contributed by atoms with Crippen molar-refractivity contribution in [2.75, 3.05) is 5.84 Å². The number of rotatable bonds is 1. The van der Waals surface area contributed by atoms with Crippen LogP contribution >= 0.6 is 0 Å². The summed E-state index contributed by atoms with van der Waals surface area (Å²) >= 11 is 0. The molecule has 1 rings (SSSR count). The first-order valence-electron chi connectivity index (χ1n) is 2.61. The van der Waals surface area contributed by atoms with Crippen molar-refractivity contribution in [2.45, 2.75) is 13.5 Å². The summed E-state index contributed by atoms with van der Waals surface area (Å²) in [5.41, 5.74) is 5.26. The van der Waals surface area contributed by atoms with E-state index >= 15 is 0 Å². The Labute approximate surface area is 52.6 Å². The fraction of sp³-hybridized carbons (Fsp3) is 0.500. The van der Waals surface area contributed by atoms with Crippen molar-refractivity contribution in [1.29, 1.82) is 0 Å². The zero-order valence-electron chi connectivity index (χ0n) is 5.20. The molecule has 0 aliphatic rings. The predicted molar refractivity (Wildman–Crippen MR) is 32.8 cm³/mol. The van der Waals surface area contributed by atoms with Gasteiger partial charge in [-0.2, -0.15) is 0 Å². The van der Waals surface area contributed by atoms with Crippen LogP contribution in [0.1, 0.15) is 11.6 Å². The van der Waals surface area contributed by atoms with Gasteiger partial charge in [-0.15, -0.1) is 10.2 Å². The number of nitrogens with two attached hydrogens (primary N) is 2. The van der Waals surface area contributed by atoms with E-state index in [2.05, 4.69) is 10.2 Å². The lowest BCUT2D eigenvalue weighted by molar-refractivity contribution is 0.820. The molecule has 0 unspecified atom stereocenters. The predicted octanol–water partition coefficient (Wildman–Crippen LogP) is -1.24. The topological polar surface area (TPSA) is 82.8 Å². The summed E-state index contributed by atoms with van der Waals surface area (Å²) in [6.07, 6.45) is 0. The second kappa shape index (κ2) is 2.02. The lowest BCUT2D eigenvalue weighted by atomic mass is 10.6. The average Bonchev–Trinajstić information content (AvgIpc) is 2.15. The number of hydrogen-bond acceptors (Lipinski definition) is 4. The summed E-state index contributed by atoms with van der Waals surface area (Å²) in [6.45, 7) is 2.10. The van der Waals surface area contributed by atoms with E-state index in [1.807, 2.05) is 0 Å². The second-order valence-corrected chi connectivity index (χ2v) is 1.74. The smallest absolute Gasteiger partial charge is 0.165 e. The normalized spacial score (nSPS) is 10.0. The van der Waals surface area contributed by atoms with Gasteiger partial charge in [0.2, 0.25) is 0 Å². The lowest BCUT2D eigenvalue weighted by Gasteiger charge is -1.94. The Balaban J connectivity index is 3.04. The molecule has 0 atom stereocenters. The molecule has 1 aromatic heterocycles. The summed E-state index contributed by atoms with van der Waals surface area (Å²) in [5, 5.41) is 7.39. The molecule has 4 N–H and O–H groups in total. The molecule has 0 saturated heterocycles. The van der Waals surface area contributed by atoms with Gasteiger partial charge < -0.3 is 11.6 Å². The number of nitrogens with zero attached hydrogens (tertiary/aromatic N) is 3. The highest BCUT2D eigenvalue weighted by atomic mass is 15.4. The van der Waals surface area contributed by atoms with Crippen molar-refractivity contribution >= 4 is 0 Å². The summed E-state index contributed by atoms with van der Waals surface area (Å²) in [4.78, 5) is 0. The van der Waals surface area contributed by atoms with E-state index in [9.17, 15) is 0 Å². The first-order valence-corrected chi connectivity index (χ1v) is 2.61. The van der Waals surface area contributed by atoms with E-state index < -0.39 is 0 Å². The zero-order chi connectivity index (χ0) is 6.85. The summed E-state index contributed by atoms with van der Waals surface area (Å²) in [5.74, 6) is 6.71. The molecule has 0 bridgehead atoms. The van der Waals surface area contributed by atoms with Crippen LogP contribution in [-0.4, -0.2) is 14.9 Å². The molecule has 0 fully saturated rings. The van der Waals surface area contributed by atoms with Crippen molar-refractivity contribution in [3.63, 3.8) is 0 Å². The van der Waals surface area contributed by atoms with Gasteiger partial charge in [0.15, 0.2) is 5.82 Å². The second-order valence-electron chi connectivity index (χ2n) is 1.74. The van der Waals surface area contributed by atoms with Crippen molar-refractivity contribution in [2.24, 2.45) is 5.73 Å². The Morgan fingerprint density at radius 1 is 1.56 bits per heavy atom. The molecule has 0 saturated carbocycles. The molecule has 0 spiro atoms. The van der Waals surface area contributed by atoms with Gasteiger partial charge in [-0.3, -0.25) is 0 Å². The third-order valence-corrected chi connectivity index (χ3v) is 1.12. The molecule has 1 heterocycles. The number of nitrogen functional groups attached to an aromatic ring is 1. The fourth-order valence-corrected chi connectivity index (χ4v) is 0.552. The largest absolute Gasteiger partial charge is 0.336 e. The molecule has 50 valence electrons. The van der Waals surface area contributed by atoms with Crippen LogP contribution in [0.5, 0.6) is 0 Å².